The third kappa shape index (κ3) is 4.81. The van der Waals surface area contributed by atoms with Gasteiger partial charge < -0.3 is 15.4 Å². The molecule has 0 aliphatic carbocycles. The van der Waals surface area contributed by atoms with Crippen molar-refractivity contribution < 1.29 is 9.53 Å². The number of morpholine rings is 1. The Labute approximate surface area is 126 Å². The van der Waals surface area contributed by atoms with Crippen LogP contribution in [-0.4, -0.2) is 49.7 Å². The van der Waals surface area contributed by atoms with Gasteiger partial charge in [-0.25, -0.2) is 0 Å². The molecule has 1 aromatic rings. The van der Waals surface area contributed by atoms with Gasteiger partial charge in [-0.15, -0.1) is 0 Å². The highest BCUT2D eigenvalue weighted by molar-refractivity contribution is 5.95. The molecule has 1 heterocycles. The molecule has 0 spiro atoms. The summed E-state index contributed by atoms with van der Waals surface area (Å²) in [4.78, 5) is 14.5. The molecule has 0 saturated carbocycles. The van der Waals surface area contributed by atoms with Gasteiger partial charge in [-0.3, -0.25) is 9.69 Å². The van der Waals surface area contributed by atoms with Gasteiger partial charge in [0, 0.05) is 18.8 Å². The molecule has 1 aliphatic heterocycles. The van der Waals surface area contributed by atoms with Gasteiger partial charge in [-0.2, -0.15) is 0 Å². The highest BCUT2D eigenvalue weighted by atomic mass is 16.5. The van der Waals surface area contributed by atoms with Crippen LogP contribution in [0.25, 0.3) is 0 Å². The number of carbonyl (C=O) groups excluding carboxylic acids is 1. The zero-order chi connectivity index (χ0) is 15.1. The third-order valence-corrected chi connectivity index (χ3v) is 3.73. The van der Waals surface area contributed by atoms with Crippen molar-refractivity contribution in [3.8, 4) is 0 Å². The minimum atomic E-state index is -0.259. The maximum Gasteiger partial charge on any atom is 0.243 e. The molecule has 21 heavy (non-hydrogen) atoms. The molecule has 116 valence electrons. The van der Waals surface area contributed by atoms with Crippen LogP contribution in [0.4, 0.5) is 5.69 Å². The maximum absolute atomic E-state index is 12.1. The first-order chi connectivity index (χ1) is 10.2. The van der Waals surface area contributed by atoms with Gasteiger partial charge in [0.1, 0.15) is 6.04 Å². The molecule has 2 rings (SSSR count). The van der Waals surface area contributed by atoms with E-state index in [2.05, 4.69) is 35.4 Å². The second-order valence-corrected chi connectivity index (χ2v) is 5.23. The Bertz CT molecular complexity index is 455. The van der Waals surface area contributed by atoms with Gasteiger partial charge in [0.25, 0.3) is 0 Å². The van der Waals surface area contributed by atoms with E-state index >= 15 is 0 Å². The molecular formula is C16H25N3O2. The molecule has 5 heteroatoms. The maximum atomic E-state index is 12.1. The molecule has 0 bridgehead atoms. The third-order valence-electron chi connectivity index (χ3n) is 3.73. The zero-order valence-corrected chi connectivity index (χ0v) is 12.9. The number of hydrogen-bond acceptors (Lipinski definition) is 4. The predicted octanol–water partition coefficient (Wildman–Crippen LogP) is 1.46. The van der Waals surface area contributed by atoms with Gasteiger partial charge >= 0.3 is 0 Å². The van der Waals surface area contributed by atoms with Crippen molar-refractivity contribution in [2.24, 2.45) is 0 Å². The zero-order valence-electron chi connectivity index (χ0n) is 12.9. The molecule has 1 amide bonds. The van der Waals surface area contributed by atoms with Gasteiger partial charge in [0.15, 0.2) is 0 Å². The van der Waals surface area contributed by atoms with E-state index in [9.17, 15) is 4.79 Å². The fourth-order valence-corrected chi connectivity index (χ4v) is 2.42. The van der Waals surface area contributed by atoms with E-state index in [1.807, 2.05) is 18.2 Å². The summed E-state index contributed by atoms with van der Waals surface area (Å²) in [6.07, 6.45) is 0. The summed E-state index contributed by atoms with van der Waals surface area (Å²) < 4.78 is 5.32. The summed E-state index contributed by atoms with van der Waals surface area (Å²) in [5, 5.41) is 6.12. The topological polar surface area (TPSA) is 53.6 Å². The van der Waals surface area contributed by atoms with Crippen LogP contribution >= 0.6 is 0 Å². The van der Waals surface area contributed by atoms with Crippen LogP contribution in [0.1, 0.15) is 19.4 Å². The predicted molar refractivity (Wildman–Crippen MR) is 84.3 cm³/mol. The summed E-state index contributed by atoms with van der Waals surface area (Å²) in [5.74, 6) is -0.0327. The molecule has 1 atom stereocenters. The average molecular weight is 291 g/mol. The minimum Gasteiger partial charge on any atom is -0.378 e. The smallest absolute Gasteiger partial charge is 0.243 e. The molecule has 1 fully saturated rings. The van der Waals surface area contributed by atoms with Crippen LogP contribution in [0, 0.1) is 0 Å². The number of carbonyl (C=O) groups is 1. The number of rotatable bonds is 6. The molecular weight excluding hydrogens is 266 g/mol. The Balaban J connectivity index is 1.95. The first-order valence-corrected chi connectivity index (χ1v) is 7.66. The number of amides is 1. The summed E-state index contributed by atoms with van der Waals surface area (Å²) in [6.45, 7) is 9.09. The van der Waals surface area contributed by atoms with Gasteiger partial charge in [-0.05, 0) is 30.8 Å². The quantitative estimate of drug-likeness (QED) is 0.833. The first kappa shape index (κ1) is 15.9. The van der Waals surface area contributed by atoms with E-state index < -0.39 is 0 Å². The van der Waals surface area contributed by atoms with Crippen LogP contribution in [0.3, 0.4) is 0 Å². The number of ether oxygens (including phenoxy) is 1. The second kappa shape index (κ2) is 8.12. The van der Waals surface area contributed by atoms with E-state index in [0.717, 1.165) is 31.9 Å². The van der Waals surface area contributed by atoms with E-state index in [1.165, 1.54) is 5.56 Å². The highest BCUT2D eigenvalue weighted by Crippen LogP contribution is 2.13. The number of nitrogens with zero attached hydrogens (tertiary/aromatic N) is 1. The van der Waals surface area contributed by atoms with Crippen molar-refractivity contribution >= 4 is 11.6 Å². The lowest BCUT2D eigenvalue weighted by atomic mass is 10.1. The normalized spacial score (nSPS) is 18.7. The Morgan fingerprint density at radius 3 is 2.90 bits per heavy atom. The molecule has 1 saturated heterocycles. The van der Waals surface area contributed by atoms with Crippen LogP contribution in [0.15, 0.2) is 24.3 Å². The van der Waals surface area contributed by atoms with Crippen LogP contribution in [0.2, 0.25) is 0 Å². The minimum absolute atomic E-state index is 0.0327. The summed E-state index contributed by atoms with van der Waals surface area (Å²) in [7, 11) is 0. The lowest BCUT2D eigenvalue weighted by Crippen LogP contribution is -2.48. The average Bonchev–Trinajstić information content (AvgIpc) is 2.53. The Morgan fingerprint density at radius 2 is 2.24 bits per heavy atom. The molecule has 1 unspecified atom stereocenters. The van der Waals surface area contributed by atoms with Crippen molar-refractivity contribution in [1.82, 2.24) is 10.2 Å². The van der Waals surface area contributed by atoms with E-state index in [4.69, 9.17) is 4.74 Å². The van der Waals surface area contributed by atoms with Crippen molar-refractivity contribution in [2.75, 3.05) is 38.2 Å². The lowest BCUT2D eigenvalue weighted by Gasteiger charge is -2.23. The van der Waals surface area contributed by atoms with Gasteiger partial charge in [0.2, 0.25) is 5.91 Å². The number of anilines is 1. The molecule has 5 nitrogen and oxygen atoms in total. The Morgan fingerprint density at radius 1 is 1.43 bits per heavy atom. The molecule has 0 radical (unpaired) electrons. The number of hydrogen-bond donors (Lipinski definition) is 2. The number of benzene rings is 1. The standard InChI is InChI=1S/C16H25N3O2/c1-3-19(4-2)11-13-6-5-7-14(10-13)18-16(20)15-12-21-9-8-17-15/h5-7,10,15,17H,3-4,8-9,11-12H2,1-2H3,(H,18,20). The first-order valence-electron chi connectivity index (χ1n) is 7.66. The van der Waals surface area contributed by atoms with E-state index in [1.54, 1.807) is 0 Å². The monoisotopic (exact) mass is 291 g/mol. The van der Waals surface area contributed by atoms with E-state index in [-0.39, 0.29) is 11.9 Å². The molecule has 2 N–H and O–H groups in total. The van der Waals surface area contributed by atoms with Crippen LogP contribution in [0.5, 0.6) is 0 Å². The van der Waals surface area contributed by atoms with E-state index in [0.29, 0.717) is 13.2 Å². The van der Waals surface area contributed by atoms with Crippen molar-refractivity contribution in [3.05, 3.63) is 29.8 Å². The fraction of sp³-hybridized carbons (Fsp3) is 0.562. The van der Waals surface area contributed by atoms with Crippen molar-refractivity contribution in [2.45, 2.75) is 26.4 Å². The largest absolute Gasteiger partial charge is 0.378 e. The Kier molecular flexibility index (Phi) is 6.17. The molecule has 1 aromatic carbocycles. The Hall–Kier alpha value is -1.43. The summed E-state index contributed by atoms with van der Waals surface area (Å²) >= 11 is 0. The van der Waals surface area contributed by atoms with Crippen molar-refractivity contribution in [3.63, 3.8) is 0 Å². The SMILES string of the molecule is CCN(CC)Cc1cccc(NC(=O)C2COCCN2)c1. The van der Waals surface area contributed by atoms with Crippen molar-refractivity contribution in [1.29, 1.82) is 0 Å². The summed E-state index contributed by atoms with van der Waals surface area (Å²) in [6, 6.07) is 7.78. The highest BCUT2D eigenvalue weighted by Gasteiger charge is 2.21. The molecule has 1 aliphatic rings. The van der Waals surface area contributed by atoms with Gasteiger partial charge in [-0.1, -0.05) is 26.0 Å². The number of nitrogens with one attached hydrogen (secondary N) is 2. The van der Waals surface area contributed by atoms with Crippen LogP contribution in [-0.2, 0) is 16.1 Å². The molecule has 0 aromatic heterocycles. The lowest BCUT2D eigenvalue weighted by molar-refractivity contribution is -0.120. The summed E-state index contributed by atoms with van der Waals surface area (Å²) in [5.41, 5.74) is 2.06. The second-order valence-electron chi connectivity index (χ2n) is 5.23. The fourth-order valence-electron chi connectivity index (χ4n) is 2.42. The van der Waals surface area contributed by atoms with Crippen LogP contribution < -0.4 is 10.6 Å². The van der Waals surface area contributed by atoms with Gasteiger partial charge in [0.05, 0.1) is 13.2 Å².